The van der Waals surface area contributed by atoms with Crippen molar-refractivity contribution in [2.24, 2.45) is 0 Å². The Kier molecular flexibility index (Phi) is 3.99. The van der Waals surface area contributed by atoms with E-state index in [1.165, 1.54) is 22.7 Å². The molecule has 2 aromatic heterocycles. The number of nitrogens with zero attached hydrogens (tertiary/aromatic N) is 2. The molecule has 0 atom stereocenters. The molecule has 2 nitrogen and oxygen atoms in total. The molecule has 0 bridgehead atoms. The zero-order valence-corrected chi connectivity index (χ0v) is 12.4. The number of halogens is 1. The third-order valence-corrected chi connectivity index (χ3v) is 5.09. The second-order valence-electron chi connectivity index (χ2n) is 4.58. The molecule has 0 spiro atoms. The van der Waals surface area contributed by atoms with Gasteiger partial charge in [0.05, 0.1) is 18.1 Å². The van der Waals surface area contributed by atoms with E-state index in [4.69, 9.17) is 11.6 Å². The number of alkyl halides is 1. The first-order valence-corrected chi connectivity index (χ1v) is 8.40. The van der Waals surface area contributed by atoms with Crippen molar-refractivity contribution in [2.45, 2.75) is 37.9 Å². The minimum absolute atomic E-state index is 0.519. The average Bonchev–Trinajstić information content (AvgIpc) is 2.92. The maximum absolute atomic E-state index is 5.80. The molecular formula is C13H15ClN2S2. The smallest absolute Gasteiger partial charge is 0.107 e. The first-order valence-electron chi connectivity index (χ1n) is 6.11. The Morgan fingerprint density at radius 1 is 1.33 bits per heavy atom. The molecule has 0 aromatic carbocycles. The highest BCUT2D eigenvalue weighted by Gasteiger charge is 2.29. The molecule has 0 N–H and O–H groups in total. The number of rotatable bonds is 6. The molecule has 5 heteroatoms. The van der Waals surface area contributed by atoms with Crippen LogP contribution < -0.4 is 0 Å². The largest absolute Gasteiger partial charge is 0.289 e. The zero-order valence-electron chi connectivity index (χ0n) is 10.0. The fraction of sp³-hybridized carbons (Fsp3) is 0.462. The summed E-state index contributed by atoms with van der Waals surface area (Å²) in [6.07, 6.45) is 2.66. The first kappa shape index (κ1) is 12.6. The first-order chi connectivity index (χ1) is 8.85. The van der Waals surface area contributed by atoms with Gasteiger partial charge in [-0.1, -0.05) is 6.07 Å². The van der Waals surface area contributed by atoms with E-state index in [1.807, 2.05) is 11.3 Å². The van der Waals surface area contributed by atoms with Crippen molar-refractivity contribution in [1.82, 2.24) is 9.88 Å². The summed E-state index contributed by atoms with van der Waals surface area (Å²) in [6, 6.07) is 5.10. The third-order valence-electron chi connectivity index (χ3n) is 3.08. The van der Waals surface area contributed by atoms with Crippen LogP contribution in [0.4, 0.5) is 0 Å². The SMILES string of the molecule is ClCc1csc(CN(Cc2cccs2)C2CC2)n1. The number of thiophene rings is 1. The van der Waals surface area contributed by atoms with Crippen molar-refractivity contribution in [2.75, 3.05) is 0 Å². The summed E-state index contributed by atoms with van der Waals surface area (Å²) in [4.78, 5) is 8.54. The van der Waals surface area contributed by atoms with Gasteiger partial charge in [0, 0.05) is 22.8 Å². The van der Waals surface area contributed by atoms with Crippen molar-refractivity contribution >= 4 is 34.3 Å². The van der Waals surface area contributed by atoms with Gasteiger partial charge in [-0.3, -0.25) is 4.90 Å². The fourth-order valence-corrected chi connectivity index (χ4v) is 3.79. The third kappa shape index (κ3) is 3.12. The molecule has 1 aliphatic rings. The van der Waals surface area contributed by atoms with E-state index in [2.05, 4.69) is 32.8 Å². The lowest BCUT2D eigenvalue weighted by Gasteiger charge is -2.19. The predicted octanol–water partition coefficient (Wildman–Crippen LogP) is 4.11. The highest BCUT2D eigenvalue weighted by molar-refractivity contribution is 7.10. The van der Waals surface area contributed by atoms with Crippen LogP contribution in [0.5, 0.6) is 0 Å². The molecule has 1 aliphatic carbocycles. The molecule has 0 aliphatic heterocycles. The second kappa shape index (κ2) is 5.70. The molecule has 2 aromatic rings. The van der Waals surface area contributed by atoms with Crippen LogP contribution in [0.1, 0.15) is 28.4 Å². The Bertz CT molecular complexity index is 491. The maximum atomic E-state index is 5.80. The van der Waals surface area contributed by atoms with Crippen LogP contribution >= 0.6 is 34.3 Å². The van der Waals surface area contributed by atoms with E-state index in [0.717, 1.165) is 24.8 Å². The van der Waals surface area contributed by atoms with Gasteiger partial charge in [-0.15, -0.1) is 34.3 Å². The molecule has 18 heavy (non-hydrogen) atoms. The van der Waals surface area contributed by atoms with Gasteiger partial charge >= 0.3 is 0 Å². The summed E-state index contributed by atoms with van der Waals surface area (Å²) < 4.78 is 0. The minimum atomic E-state index is 0.519. The van der Waals surface area contributed by atoms with Gasteiger partial charge in [-0.05, 0) is 24.3 Å². The van der Waals surface area contributed by atoms with Crippen molar-refractivity contribution < 1.29 is 0 Å². The van der Waals surface area contributed by atoms with Crippen molar-refractivity contribution in [3.8, 4) is 0 Å². The Morgan fingerprint density at radius 3 is 2.83 bits per heavy atom. The van der Waals surface area contributed by atoms with Crippen molar-refractivity contribution in [3.63, 3.8) is 0 Å². The topological polar surface area (TPSA) is 16.1 Å². The highest BCUT2D eigenvalue weighted by atomic mass is 35.5. The van der Waals surface area contributed by atoms with Crippen LogP contribution in [0.2, 0.25) is 0 Å². The molecular weight excluding hydrogens is 284 g/mol. The molecule has 1 fully saturated rings. The van der Waals surface area contributed by atoms with Crippen LogP contribution in [-0.2, 0) is 19.0 Å². The summed E-state index contributed by atoms with van der Waals surface area (Å²) in [5, 5.41) is 5.41. The zero-order chi connectivity index (χ0) is 12.4. The van der Waals surface area contributed by atoms with Gasteiger partial charge in [0.25, 0.3) is 0 Å². The number of thiazole rings is 1. The normalized spacial score (nSPS) is 15.4. The Balaban J connectivity index is 1.66. The van der Waals surface area contributed by atoms with Crippen LogP contribution in [-0.4, -0.2) is 15.9 Å². The predicted molar refractivity (Wildman–Crippen MR) is 78.3 cm³/mol. The molecule has 0 unspecified atom stereocenters. The van der Waals surface area contributed by atoms with E-state index in [9.17, 15) is 0 Å². The molecule has 2 heterocycles. The summed E-state index contributed by atoms with van der Waals surface area (Å²) in [5.41, 5.74) is 1.00. The van der Waals surface area contributed by atoms with Crippen LogP contribution in [0.15, 0.2) is 22.9 Å². The lowest BCUT2D eigenvalue weighted by atomic mass is 10.4. The number of aromatic nitrogens is 1. The van der Waals surface area contributed by atoms with Gasteiger partial charge in [-0.2, -0.15) is 0 Å². The van der Waals surface area contributed by atoms with E-state index in [1.54, 1.807) is 11.3 Å². The average molecular weight is 299 g/mol. The molecule has 0 saturated heterocycles. The second-order valence-corrected chi connectivity index (χ2v) is 6.82. The van der Waals surface area contributed by atoms with Gasteiger partial charge in [0.15, 0.2) is 0 Å². The van der Waals surface area contributed by atoms with Crippen LogP contribution in [0, 0.1) is 0 Å². The summed E-state index contributed by atoms with van der Waals surface area (Å²) in [7, 11) is 0. The Morgan fingerprint density at radius 2 is 2.22 bits per heavy atom. The van der Waals surface area contributed by atoms with Gasteiger partial charge in [0.2, 0.25) is 0 Å². The number of hydrogen-bond donors (Lipinski definition) is 0. The lowest BCUT2D eigenvalue weighted by molar-refractivity contribution is 0.247. The van der Waals surface area contributed by atoms with E-state index < -0.39 is 0 Å². The fourth-order valence-electron chi connectivity index (χ4n) is 2.01. The molecule has 1 saturated carbocycles. The van der Waals surface area contributed by atoms with Crippen LogP contribution in [0.3, 0.4) is 0 Å². The Labute approximate surface area is 120 Å². The van der Waals surface area contributed by atoms with E-state index >= 15 is 0 Å². The van der Waals surface area contributed by atoms with Gasteiger partial charge in [0.1, 0.15) is 5.01 Å². The summed E-state index contributed by atoms with van der Waals surface area (Å²) in [6.45, 7) is 2.02. The summed E-state index contributed by atoms with van der Waals surface area (Å²) in [5.74, 6) is 0.519. The van der Waals surface area contributed by atoms with Crippen molar-refractivity contribution in [3.05, 3.63) is 38.5 Å². The monoisotopic (exact) mass is 298 g/mol. The molecule has 96 valence electrons. The molecule has 3 rings (SSSR count). The van der Waals surface area contributed by atoms with E-state index in [-0.39, 0.29) is 0 Å². The summed E-state index contributed by atoms with van der Waals surface area (Å²) >= 11 is 9.36. The highest BCUT2D eigenvalue weighted by Crippen LogP contribution is 2.31. The van der Waals surface area contributed by atoms with Gasteiger partial charge in [-0.25, -0.2) is 4.98 Å². The molecule has 0 amide bonds. The standard InChI is InChI=1S/C13H15ClN2S2/c14-6-10-9-18-13(15-10)8-16(11-3-4-11)7-12-2-1-5-17-12/h1-2,5,9,11H,3-4,6-8H2. The minimum Gasteiger partial charge on any atom is -0.289 e. The van der Waals surface area contributed by atoms with Crippen molar-refractivity contribution in [1.29, 1.82) is 0 Å². The quantitative estimate of drug-likeness (QED) is 0.746. The molecule has 0 radical (unpaired) electrons. The Hall–Kier alpha value is -0.420. The number of hydrogen-bond acceptors (Lipinski definition) is 4. The lowest BCUT2D eigenvalue weighted by Crippen LogP contribution is -2.24. The maximum Gasteiger partial charge on any atom is 0.107 e. The van der Waals surface area contributed by atoms with Crippen LogP contribution in [0.25, 0.3) is 0 Å². The van der Waals surface area contributed by atoms with Gasteiger partial charge < -0.3 is 0 Å². The van der Waals surface area contributed by atoms with E-state index in [0.29, 0.717) is 5.88 Å².